The fourth-order valence-corrected chi connectivity index (χ4v) is 2.78. The monoisotopic (exact) mass is 462 g/mol. The van der Waals surface area contributed by atoms with Gasteiger partial charge < -0.3 is 24.8 Å². The molecule has 0 aliphatic heterocycles. The van der Waals surface area contributed by atoms with Crippen LogP contribution in [0.4, 0.5) is 11.4 Å². The summed E-state index contributed by atoms with van der Waals surface area (Å²) in [5.41, 5.74) is 1.21. The predicted octanol–water partition coefficient (Wildman–Crippen LogP) is 3.43. The Hall–Kier alpha value is -3.59. The Balaban J connectivity index is 1.68. The van der Waals surface area contributed by atoms with Crippen LogP contribution in [0.25, 0.3) is 0 Å². The summed E-state index contributed by atoms with van der Waals surface area (Å²) in [6.45, 7) is -0.469. The average molecular weight is 463 g/mol. The van der Waals surface area contributed by atoms with Crippen molar-refractivity contribution in [2.75, 3.05) is 31.5 Å². The number of ether oxygens (including phenoxy) is 3. The van der Waals surface area contributed by atoms with Gasteiger partial charge in [-0.1, -0.05) is 11.6 Å². The molecule has 2 amide bonds. The van der Waals surface area contributed by atoms with Crippen molar-refractivity contribution >= 4 is 46.7 Å². The zero-order valence-corrected chi connectivity index (χ0v) is 18.4. The molecule has 0 aromatic heterocycles. The van der Waals surface area contributed by atoms with Gasteiger partial charge in [-0.2, -0.15) is 0 Å². The van der Waals surface area contributed by atoms with E-state index in [1.807, 2.05) is 0 Å². The summed E-state index contributed by atoms with van der Waals surface area (Å²) in [5.74, 6) is -1.47. The molecule has 0 aliphatic rings. The zero-order valence-electron chi connectivity index (χ0n) is 17.6. The largest absolute Gasteiger partial charge is 0.495 e. The Morgan fingerprint density at radius 1 is 0.906 bits per heavy atom. The van der Waals surface area contributed by atoms with Gasteiger partial charge in [0, 0.05) is 23.6 Å². The van der Waals surface area contributed by atoms with Crippen molar-refractivity contribution in [1.29, 1.82) is 0 Å². The third kappa shape index (κ3) is 7.92. The molecule has 0 fully saturated rings. The second-order valence-corrected chi connectivity index (χ2v) is 6.96. The number of methoxy groups -OCH3 is 2. The first-order chi connectivity index (χ1) is 15.3. The highest BCUT2D eigenvalue weighted by Gasteiger charge is 2.12. The second-order valence-electron chi connectivity index (χ2n) is 6.52. The molecule has 0 saturated heterocycles. The van der Waals surface area contributed by atoms with Crippen LogP contribution in [0.3, 0.4) is 0 Å². The number of amides is 2. The Morgan fingerprint density at radius 3 is 2.28 bits per heavy atom. The summed E-state index contributed by atoms with van der Waals surface area (Å²) in [7, 11) is 2.75. The van der Waals surface area contributed by atoms with Gasteiger partial charge in [0.05, 0.1) is 25.5 Å². The standard InChI is InChI=1S/C22H23ClN2O7/c1-30-18-11-8-15(23)12-17(18)25-19(26)4-3-5-21(28)32-13-20(27)24-16-9-6-14(7-10-16)22(29)31-2/h6-12H,3-5,13H2,1-2H3,(H,24,27)(H,25,26). The molecule has 0 spiro atoms. The molecule has 0 atom stereocenters. The van der Waals surface area contributed by atoms with Crippen LogP contribution in [0.15, 0.2) is 42.5 Å². The van der Waals surface area contributed by atoms with E-state index in [9.17, 15) is 19.2 Å². The first kappa shape index (κ1) is 24.7. The smallest absolute Gasteiger partial charge is 0.337 e. The second kappa shape index (κ2) is 12.3. The first-order valence-electron chi connectivity index (χ1n) is 9.59. The Bertz CT molecular complexity index is 977. The van der Waals surface area contributed by atoms with Crippen molar-refractivity contribution in [3.8, 4) is 5.75 Å². The molecule has 2 aromatic rings. The van der Waals surface area contributed by atoms with Gasteiger partial charge in [0.25, 0.3) is 5.91 Å². The maximum atomic E-state index is 12.1. The molecule has 10 heteroatoms. The Morgan fingerprint density at radius 2 is 1.62 bits per heavy atom. The number of esters is 2. The van der Waals surface area contributed by atoms with E-state index in [1.54, 1.807) is 18.2 Å². The molecule has 2 N–H and O–H groups in total. The van der Waals surface area contributed by atoms with Crippen LogP contribution in [0.2, 0.25) is 5.02 Å². The average Bonchev–Trinajstić information content (AvgIpc) is 2.78. The fraction of sp³-hybridized carbons (Fsp3) is 0.273. The van der Waals surface area contributed by atoms with Crippen LogP contribution < -0.4 is 15.4 Å². The third-order valence-corrected chi connectivity index (χ3v) is 4.41. The summed E-state index contributed by atoms with van der Waals surface area (Å²) in [5, 5.41) is 5.66. The lowest BCUT2D eigenvalue weighted by Crippen LogP contribution is -2.21. The van der Waals surface area contributed by atoms with E-state index in [0.717, 1.165) is 0 Å². The summed E-state index contributed by atoms with van der Waals surface area (Å²) >= 11 is 5.92. The van der Waals surface area contributed by atoms with Crippen LogP contribution in [-0.4, -0.2) is 44.6 Å². The minimum Gasteiger partial charge on any atom is -0.495 e. The molecule has 170 valence electrons. The summed E-state index contributed by atoms with van der Waals surface area (Å²) in [6.07, 6.45) is 0.287. The normalized spacial score (nSPS) is 10.1. The van der Waals surface area contributed by atoms with Crippen molar-refractivity contribution in [1.82, 2.24) is 0 Å². The number of nitrogens with one attached hydrogen (secondary N) is 2. The maximum absolute atomic E-state index is 12.1. The van der Waals surface area contributed by atoms with Crippen LogP contribution in [0.5, 0.6) is 5.75 Å². The molecule has 2 rings (SSSR count). The quantitative estimate of drug-likeness (QED) is 0.519. The molecule has 0 heterocycles. The van der Waals surface area contributed by atoms with Gasteiger partial charge in [-0.15, -0.1) is 0 Å². The number of carbonyl (C=O) groups excluding carboxylic acids is 4. The van der Waals surface area contributed by atoms with Crippen molar-refractivity contribution < 1.29 is 33.4 Å². The lowest BCUT2D eigenvalue weighted by Gasteiger charge is -2.10. The van der Waals surface area contributed by atoms with Crippen LogP contribution >= 0.6 is 11.6 Å². The number of anilines is 2. The molecule has 0 unspecified atom stereocenters. The van der Waals surface area contributed by atoms with Crippen molar-refractivity contribution in [3.05, 3.63) is 53.1 Å². The lowest BCUT2D eigenvalue weighted by molar-refractivity contribution is -0.147. The number of rotatable bonds is 10. The highest BCUT2D eigenvalue weighted by Crippen LogP contribution is 2.27. The van der Waals surface area contributed by atoms with E-state index in [0.29, 0.717) is 27.7 Å². The van der Waals surface area contributed by atoms with Gasteiger partial charge in [-0.3, -0.25) is 14.4 Å². The van der Waals surface area contributed by atoms with Gasteiger partial charge >= 0.3 is 11.9 Å². The van der Waals surface area contributed by atoms with Crippen molar-refractivity contribution in [2.24, 2.45) is 0 Å². The Labute approximate surface area is 190 Å². The van der Waals surface area contributed by atoms with E-state index in [-0.39, 0.29) is 25.2 Å². The lowest BCUT2D eigenvalue weighted by atomic mass is 10.2. The van der Waals surface area contributed by atoms with Gasteiger partial charge in [0.1, 0.15) is 5.75 Å². The summed E-state index contributed by atoms with van der Waals surface area (Å²) in [6, 6.07) is 10.9. The van der Waals surface area contributed by atoms with Crippen molar-refractivity contribution in [3.63, 3.8) is 0 Å². The molecule has 0 radical (unpaired) electrons. The van der Waals surface area contributed by atoms with Gasteiger partial charge in [0.15, 0.2) is 6.61 Å². The molecule has 2 aromatic carbocycles. The fourth-order valence-electron chi connectivity index (χ4n) is 2.61. The minimum atomic E-state index is -0.602. The van der Waals surface area contributed by atoms with Crippen LogP contribution in [-0.2, 0) is 23.9 Å². The summed E-state index contributed by atoms with van der Waals surface area (Å²) in [4.78, 5) is 47.2. The molecular weight excluding hydrogens is 440 g/mol. The molecule has 0 aliphatic carbocycles. The molecule has 9 nitrogen and oxygen atoms in total. The molecule has 0 bridgehead atoms. The predicted molar refractivity (Wildman–Crippen MR) is 118 cm³/mol. The summed E-state index contributed by atoms with van der Waals surface area (Å²) < 4.78 is 14.7. The topological polar surface area (TPSA) is 120 Å². The minimum absolute atomic E-state index is 0.0266. The van der Waals surface area contributed by atoms with E-state index >= 15 is 0 Å². The molecule has 0 saturated carbocycles. The number of halogens is 1. The van der Waals surface area contributed by atoms with Crippen molar-refractivity contribution in [2.45, 2.75) is 19.3 Å². The van der Waals surface area contributed by atoms with Crippen LogP contribution in [0, 0.1) is 0 Å². The number of benzene rings is 2. The zero-order chi connectivity index (χ0) is 23.5. The highest BCUT2D eigenvalue weighted by molar-refractivity contribution is 6.31. The Kier molecular flexibility index (Phi) is 9.49. The number of carbonyl (C=O) groups is 4. The first-order valence-corrected chi connectivity index (χ1v) is 9.97. The SMILES string of the molecule is COC(=O)c1ccc(NC(=O)COC(=O)CCCC(=O)Nc2cc(Cl)ccc2OC)cc1. The molecular formula is C22H23ClN2O7. The number of hydrogen-bond acceptors (Lipinski definition) is 7. The van der Waals surface area contributed by atoms with E-state index in [4.69, 9.17) is 21.1 Å². The van der Waals surface area contributed by atoms with E-state index in [2.05, 4.69) is 15.4 Å². The van der Waals surface area contributed by atoms with Gasteiger partial charge in [-0.25, -0.2) is 4.79 Å². The molecule has 32 heavy (non-hydrogen) atoms. The van der Waals surface area contributed by atoms with Gasteiger partial charge in [0.2, 0.25) is 5.91 Å². The maximum Gasteiger partial charge on any atom is 0.337 e. The van der Waals surface area contributed by atoms with E-state index in [1.165, 1.54) is 38.5 Å². The van der Waals surface area contributed by atoms with Crippen LogP contribution in [0.1, 0.15) is 29.6 Å². The van der Waals surface area contributed by atoms with Gasteiger partial charge in [-0.05, 0) is 48.9 Å². The third-order valence-electron chi connectivity index (χ3n) is 4.17. The number of hydrogen-bond donors (Lipinski definition) is 2. The van der Waals surface area contributed by atoms with E-state index < -0.39 is 24.5 Å². The highest BCUT2D eigenvalue weighted by atomic mass is 35.5.